The molecular formula is C63H114O16P2. The maximum Gasteiger partial charge on any atom is 0.472 e. The molecule has 0 rings (SSSR count). The maximum absolute atomic E-state index is 12.9. The van der Waals surface area contributed by atoms with E-state index in [1.54, 1.807) is 0 Å². The average molecular weight is 1190 g/mol. The van der Waals surface area contributed by atoms with E-state index in [2.05, 4.69) is 81.5 Å². The number of rotatable bonds is 60. The topological polar surface area (TPSA) is 231 Å². The van der Waals surface area contributed by atoms with E-state index >= 15 is 0 Å². The molecule has 0 aliphatic heterocycles. The Hall–Kier alpha value is -2.75. The lowest BCUT2D eigenvalue weighted by molar-refractivity contribution is -0.161. The Labute approximate surface area is 490 Å². The zero-order valence-electron chi connectivity index (χ0n) is 50.7. The standard InChI is InChI=1S/C63H114O16P2/c1-4-7-10-13-16-19-22-25-27-28-30-33-34-37-40-43-46-49-61(66)73-52-58(64)53-75-80(69,70)76-54-59(65)55-77-81(71,72)78-57-60(79-63(68)51-48-45-42-39-36-31-24-21-18-15-12-9-6-3)56-74-62(67)50-47-44-41-38-35-32-29-26-23-20-17-14-11-8-5-2/h7,10,16,19,25-27,29-30,33,58-60,64-65H,4-6,8-9,11-15,17-18,20-24,28,31-32,34-57H2,1-3H3,(H,69,70)(H,71,72)/b10-7-,19-16-,27-25-,29-26-,33-30-. The van der Waals surface area contributed by atoms with Gasteiger partial charge >= 0.3 is 33.6 Å². The average Bonchev–Trinajstić information content (AvgIpc) is 3.44. The molecule has 81 heavy (non-hydrogen) atoms. The quantitative estimate of drug-likeness (QED) is 0.0146. The third kappa shape index (κ3) is 58.8. The molecule has 0 aromatic heterocycles. The summed E-state index contributed by atoms with van der Waals surface area (Å²) >= 11 is 0. The van der Waals surface area contributed by atoms with E-state index in [1.807, 2.05) is 0 Å². The molecule has 0 aromatic carbocycles. The number of phosphoric ester groups is 2. The molecule has 0 amide bonds. The Bertz CT molecular complexity index is 1730. The lowest BCUT2D eigenvalue weighted by atomic mass is 10.0. The van der Waals surface area contributed by atoms with E-state index in [4.69, 9.17) is 32.3 Å². The number of carbonyl (C=O) groups excluding carboxylic acids is 3. The number of carbonyl (C=O) groups is 3. The number of aliphatic hydroxyl groups excluding tert-OH is 2. The zero-order chi connectivity index (χ0) is 59.6. The normalized spacial score (nSPS) is 14.8. The van der Waals surface area contributed by atoms with Crippen molar-refractivity contribution >= 4 is 33.6 Å². The molecule has 0 saturated carbocycles. The Morgan fingerprint density at radius 1 is 0.358 bits per heavy atom. The van der Waals surface area contributed by atoms with Crippen LogP contribution in [0.1, 0.15) is 265 Å². The highest BCUT2D eigenvalue weighted by Gasteiger charge is 2.29. The van der Waals surface area contributed by atoms with Gasteiger partial charge in [-0.15, -0.1) is 0 Å². The number of ether oxygens (including phenoxy) is 3. The van der Waals surface area contributed by atoms with Gasteiger partial charge in [0, 0.05) is 19.3 Å². The second kappa shape index (κ2) is 57.7. The van der Waals surface area contributed by atoms with Crippen LogP contribution in [0, 0.1) is 0 Å². The van der Waals surface area contributed by atoms with E-state index in [0.29, 0.717) is 19.3 Å². The Morgan fingerprint density at radius 2 is 0.654 bits per heavy atom. The molecule has 472 valence electrons. The second-order valence-corrected chi connectivity index (χ2v) is 24.1. The van der Waals surface area contributed by atoms with Crippen molar-refractivity contribution in [2.45, 2.75) is 283 Å². The van der Waals surface area contributed by atoms with Crippen LogP contribution in [0.15, 0.2) is 60.8 Å². The van der Waals surface area contributed by atoms with Gasteiger partial charge < -0.3 is 34.2 Å². The summed E-state index contributed by atoms with van der Waals surface area (Å²) in [6.07, 6.45) is 55.7. The van der Waals surface area contributed by atoms with Gasteiger partial charge in [0.1, 0.15) is 25.4 Å². The van der Waals surface area contributed by atoms with E-state index in [1.165, 1.54) is 89.9 Å². The third-order valence-corrected chi connectivity index (χ3v) is 15.1. The van der Waals surface area contributed by atoms with Gasteiger partial charge in [-0.05, 0) is 83.5 Å². The number of esters is 3. The van der Waals surface area contributed by atoms with Crippen molar-refractivity contribution in [3.8, 4) is 0 Å². The minimum Gasteiger partial charge on any atom is -0.463 e. The first-order chi connectivity index (χ1) is 39.2. The van der Waals surface area contributed by atoms with Crippen LogP contribution in [0.5, 0.6) is 0 Å². The molecule has 0 aliphatic carbocycles. The summed E-state index contributed by atoms with van der Waals surface area (Å²) in [4.78, 5) is 58.1. The maximum atomic E-state index is 12.9. The van der Waals surface area contributed by atoms with Crippen LogP contribution < -0.4 is 0 Å². The molecular weight excluding hydrogens is 1070 g/mol. The van der Waals surface area contributed by atoms with Crippen LogP contribution in [0.4, 0.5) is 0 Å². The van der Waals surface area contributed by atoms with Gasteiger partial charge in [0.25, 0.3) is 0 Å². The van der Waals surface area contributed by atoms with Gasteiger partial charge in [-0.25, -0.2) is 9.13 Å². The van der Waals surface area contributed by atoms with Gasteiger partial charge in [-0.3, -0.25) is 32.5 Å². The minimum atomic E-state index is -4.91. The summed E-state index contributed by atoms with van der Waals surface area (Å²) in [7, 11) is -9.76. The van der Waals surface area contributed by atoms with Crippen LogP contribution in [0.25, 0.3) is 0 Å². The Kier molecular flexibility index (Phi) is 55.7. The summed E-state index contributed by atoms with van der Waals surface area (Å²) in [6.45, 7) is 2.52. The highest BCUT2D eigenvalue weighted by molar-refractivity contribution is 7.47. The monoisotopic (exact) mass is 1190 g/mol. The van der Waals surface area contributed by atoms with E-state index < -0.39 is 91.5 Å². The van der Waals surface area contributed by atoms with Gasteiger partial charge in [-0.2, -0.15) is 0 Å². The number of hydrogen-bond donors (Lipinski definition) is 4. The molecule has 16 nitrogen and oxygen atoms in total. The van der Waals surface area contributed by atoms with Gasteiger partial charge in [0.15, 0.2) is 6.10 Å². The molecule has 0 aliphatic rings. The predicted molar refractivity (Wildman–Crippen MR) is 325 cm³/mol. The van der Waals surface area contributed by atoms with E-state index in [-0.39, 0.29) is 19.3 Å². The molecule has 4 N–H and O–H groups in total. The molecule has 0 radical (unpaired) electrons. The molecule has 0 heterocycles. The van der Waals surface area contributed by atoms with Gasteiger partial charge in [-0.1, -0.05) is 223 Å². The summed E-state index contributed by atoms with van der Waals surface area (Å²) in [6, 6.07) is 0. The fraction of sp³-hybridized carbons (Fsp3) is 0.794. The van der Waals surface area contributed by atoms with Crippen molar-refractivity contribution < 1.29 is 75.8 Å². The highest BCUT2D eigenvalue weighted by Crippen LogP contribution is 2.45. The van der Waals surface area contributed by atoms with E-state index in [9.17, 15) is 43.5 Å². The predicted octanol–water partition coefficient (Wildman–Crippen LogP) is 16.6. The first-order valence-corrected chi connectivity index (χ1v) is 34.6. The lowest BCUT2D eigenvalue weighted by Crippen LogP contribution is -2.30. The molecule has 0 fully saturated rings. The van der Waals surface area contributed by atoms with Crippen molar-refractivity contribution in [3.05, 3.63) is 60.8 Å². The van der Waals surface area contributed by atoms with Crippen molar-refractivity contribution in [1.82, 2.24) is 0 Å². The van der Waals surface area contributed by atoms with Crippen molar-refractivity contribution in [2.75, 3.05) is 39.6 Å². The molecule has 0 spiro atoms. The lowest BCUT2D eigenvalue weighted by Gasteiger charge is -2.21. The zero-order valence-corrected chi connectivity index (χ0v) is 52.5. The largest absolute Gasteiger partial charge is 0.472 e. The molecule has 18 heteroatoms. The molecule has 5 atom stereocenters. The van der Waals surface area contributed by atoms with Crippen molar-refractivity contribution in [1.29, 1.82) is 0 Å². The van der Waals surface area contributed by atoms with Crippen LogP contribution in [-0.4, -0.2) is 95.9 Å². The number of hydrogen-bond acceptors (Lipinski definition) is 14. The summed E-state index contributed by atoms with van der Waals surface area (Å²) in [5.74, 6) is -1.60. The molecule has 0 bridgehead atoms. The summed E-state index contributed by atoms with van der Waals surface area (Å²) in [5, 5.41) is 20.5. The van der Waals surface area contributed by atoms with Crippen molar-refractivity contribution in [2.24, 2.45) is 0 Å². The van der Waals surface area contributed by atoms with Crippen LogP contribution in [0.2, 0.25) is 0 Å². The summed E-state index contributed by atoms with van der Waals surface area (Å²) in [5.41, 5.74) is 0. The third-order valence-electron chi connectivity index (χ3n) is 13.2. The number of aliphatic hydroxyl groups is 2. The van der Waals surface area contributed by atoms with E-state index in [0.717, 1.165) is 116 Å². The smallest absolute Gasteiger partial charge is 0.463 e. The van der Waals surface area contributed by atoms with Crippen molar-refractivity contribution in [3.63, 3.8) is 0 Å². The van der Waals surface area contributed by atoms with Crippen LogP contribution in [0.3, 0.4) is 0 Å². The van der Waals surface area contributed by atoms with Crippen LogP contribution >= 0.6 is 15.6 Å². The Morgan fingerprint density at radius 3 is 1.05 bits per heavy atom. The fourth-order valence-electron chi connectivity index (χ4n) is 8.38. The minimum absolute atomic E-state index is 0.108. The molecule has 5 unspecified atom stereocenters. The highest BCUT2D eigenvalue weighted by atomic mass is 31.2. The van der Waals surface area contributed by atoms with Gasteiger partial charge in [0.05, 0.1) is 26.4 Å². The summed E-state index contributed by atoms with van der Waals surface area (Å²) < 4.78 is 60.7. The number of phosphoric acid groups is 2. The SMILES string of the molecule is CC/C=C\C/C=C\C/C=C\C/C=C\CCCCCCC(=O)OCC(O)COP(=O)(O)OCC(O)COP(=O)(O)OCC(COC(=O)CCCCCCC/C=C\CCCCCCCC)OC(=O)CCCCCCCCCCCCCCC. The first-order valence-electron chi connectivity index (χ1n) is 31.6. The molecule has 0 saturated heterocycles. The van der Waals surface area contributed by atoms with Gasteiger partial charge in [0.2, 0.25) is 0 Å². The Balaban J connectivity index is 4.68. The fourth-order valence-corrected chi connectivity index (χ4v) is 9.96. The molecule has 0 aromatic rings. The van der Waals surface area contributed by atoms with Crippen LogP contribution in [-0.2, 0) is 55.8 Å². The first kappa shape index (κ1) is 78.2. The number of unbranched alkanes of at least 4 members (excludes halogenated alkanes) is 27. The number of allylic oxidation sites excluding steroid dienone is 10. The second-order valence-electron chi connectivity index (χ2n) is 21.2.